The van der Waals surface area contributed by atoms with Crippen molar-refractivity contribution < 1.29 is 14.3 Å². The molecule has 1 aromatic heterocycles. The fourth-order valence-corrected chi connectivity index (χ4v) is 2.19. The molecule has 0 fully saturated rings. The number of unbranched alkanes of at least 4 members (excludes halogenated alkanes) is 1. The molecule has 1 heterocycles. The normalized spacial score (nSPS) is 10.5. The summed E-state index contributed by atoms with van der Waals surface area (Å²) in [6.45, 7) is 1.69. The predicted molar refractivity (Wildman–Crippen MR) is 92.8 cm³/mol. The van der Waals surface area contributed by atoms with Crippen LogP contribution in [0.3, 0.4) is 0 Å². The number of hydrogen-bond donors (Lipinski definition) is 1. The largest absolute Gasteiger partial charge is 0.456 e. The van der Waals surface area contributed by atoms with Crippen molar-refractivity contribution in [3.05, 3.63) is 35.4 Å². The predicted octanol–water partition coefficient (Wildman–Crippen LogP) is 3.41. The zero-order valence-corrected chi connectivity index (χ0v) is 14.5. The number of amides is 1. The van der Waals surface area contributed by atoms with Crippen LogP contribution < -0.4 is 5.32 Å². The average Bonchev–Trinajstić information content (AvgIpc) is 2.92. The van der Waals surface area contributed by atoms with E-state index in [1.165, 1.54) is 0 Å². The molecule has 2 rings (SSSR count). The van der Waals surface area contributed by atoms with Crippen LogP contribution in [0.15, 0.2) is 30.3 Å². The van der Waals surface area contributed by atoms with Gasteiger partial charge in [0.15, 0.2) is 6.61 Å². The number of esters is 1. The number of nitrogens with zero attached hydrogens (tertiary/aromatic N) is 2. The number of anilines is 1. The van der Waals surface area contributed by atoms with E-state index < -0.39 is 5.91 Å². The zero-order chi connectivity index (χ0) is 17.5. The number of ether oxygens (including phenoxy) is 1. The van der Waals surface area contributed by atoms with E-state index in [1.807, 2.05) is 19.1 Å². The van der Waals surface area contributed by atoms with E-state index in [2.05, 4.69) is 10.4 Å². The lowest BCUT2D eigenvalue weighted by molar-refractivity contribution is -0.147. The molecule has 24 heavy (non-hydrogen) atoms. The van der Waals surface area contributed by atoms with E-state index in [0.717, 1.165) is 18.4 Å². The Morgan fingerprint density at radius 2 is 2.00 bits per heavy atom. The summed E-state index contributed by atoms with van der Waals surface area (Å²) in [4.78, 5) is 23.3. The summed E-state index contributed by atoms with van der Waals surface area (Å²) in [5.41, 5.74) is 1.60. The van der Waals surface area contributed by atoms with Gasteiger partial charge >= 0.3 is 5.97 Å². The first-order valence-electron chi connectivity index (χ1n) is 7.75. The van der Waals surface area contributed by atoms with Gasteiger partial charge in [-0.05, 0) is 18.6 Å². The van der Waals surface area contributed by atoms with Crippen molar-refractivity contribution in [2.24, 2.45) is 7.05 Å². The maximum atomic E-state index is 11.9. The van der Waals surface area contributed by atoms with E-state index in [4.69, 9.17) is 16.3 Å². The third-order valence-corrected chi connectivity index (χ3v) is 3.64. The number of rotatable bonds is 7. The molecule has 0 unspecified atom stereocenters. The Morgan fingerprint density at radius 1 is 1.29 bits per heavy atom. The van der Waals surface area contributed by atoms with Gasteiger partial charge in [0.05, 0.1) is 5.69 Å². The second kappa shape index (κ2) is 8.49. The fraction of sp³-hybridized carbons (Fsp3) is 0.353. The molecule has 1 aromatic carbocycles. The molecule has 0 spiro atoms. The van der Waals surface area contributed by atoms with Gasteiger partial charge in [0.2, 0.25) is 0 Å². The standard InChI is InChI=1S/C17H20ClN3O3/c1-3-4-5-17(23)24-11-16(22)19-15-10-14(20-21(15)2)12-6-8-13(18)9-7-12/h6-10H,3-5,11H2,1-2H3,(H,19,22). The maximum absolute atomic E-state index is 11.9. The Morgan fingerprint density at radius 3 is 2.67 bits per heavy atom. The van der Waals surface area contributed by atoms with Crippen molar-refractivity contribution in [1.29, 1.82) is 0 Å². The second-order valence-electron chi connectivity index (χ2n) is 5.36. The summed E-state index contributed by atoms with van der Waals surface area (Å²) >= 11 is 5.87. The van der Waals surface area contributed by atoms with Crippen molar-refractivity contribution in [1.82, 2.24) is 9.78 Å². The summed E-state index contributed by atoms with van der Waals surface area (Å²) in [6, 6.07) is 9.01. The molecule has 0 saturated heterocycles. The van der Waals surface area contributed by atoms with Crippen LogP contribution in [0.5, 0.6) is 0 Å². The van der Waals surface area contributed by atoms with Crippen molar-refractivity contribution >= 4 is 29.3 Å². The number of carbonyl (C=O) groups excluding carboxylic acids is 2. The van der Waals surface area contributed by atoms with Crippen LogP contribution in [-0.2, 0) is 21.4 Å². The highest BCUT2D eigenvalue weighted by Gasteiger charge is 2.12. The lowest BCUT2D eigenvalue weighted by atomic mass is 10.1. The second-order valence-corrected chi connectivity index (χ2v) is 5.79. The molecule has 0 radical (unpaired) electrons. The van der Waals surface area contributed by atoms with E-state index in [1.54, 1.807) is 29.9 Å². The van der Waals surface area contributed by atoms with Crippen molar-refractivity contribution in [3.8, 4) is 11.3 Å². The van der Waals surface area contributed by atoms with Gasteiger partial charge in [-0.1, -0.05) is 37.1 Å². The molecule has 1 N–H and O–H groups in total. The van der Waals surface area contributed by atoms with Gasteiger partial charge in [-0.15, -0.1) is 0 Å². The summed E-state index contributed by atoms with van der Waals surface area (Å²) < 4.78 is 6.48. The van der Waals surface area contributed by atoms with Crippen LogP contribution in [0.2, 0.25) is 5.02 Å². The fourth-order valence-electron chi connectivity index (χ4n) is 2.06. The smallest absolute Gasteiger partial charge is 0.306 e. The number of aromatic nitrogens is 2. The van der Waals surface area contributed by atoms with Gasteiger partial charge in [0, 0.05) is 30.1 Å². The van der Waals surface area contributed by atoms with Crippen LogP contribution >= 0.6 is 11.6 Å². The number of halogens is 1. The first-order chi connectivity index (χ1) is 11.5. The highest BCUT2D eigenvalue weighted by molar-refractivity contribution is 6.30. The molecule has 128 valence electrons. The molecule has 7 heteroatoms. The minimum atomic E-state index is -0.398. The molecular weight excluding hydrogens is 330 g/mol. The molecule has 0 aliphatic rings. The van der Waals surface area contributed by atoms with Gasteiger partial charge in [-0.3, -0.25) is 14.3 Å². The third kappa shape index (κ3) is 5.09. The van der Waals surface area contributed by atoms with Gasteiger partial charge in [-0.25, -0.2) is 0 Å². The molecule has 6 nitrogen and oxygen atoms in total. The molecule has 0 aliphatic carbocycles. The van der Waals surface area contributed by atoms with Crippen LogP contribution in [0.4, 0.5) is 5.82 Å². The number of benzene rings is 1. The van der Waals surface area contributed by atoms with E-state index in [-0.39, 0.29) is 12.6 Å². The first kappa shape index (κ1) is 18.0. The lowest BCUT2D eigenvalue weighted by Crippen LogP contribution is -2.22. The molecule has 0 aliphatic heterocycles. The van der Waals surface area contributed by atoms with E-state index >= 15 is 0 Å². The summed E-state index contributed by atoms with van der Waals surface area (Å²) in [5.74, 6) is -0.237. The Balaban J connectivity index is 1.94. The summed E-state index contributed by atoms with van der Waals surface area (Å²) in [5, 5.41) is 7.68. The topological polar surface area (TPSA) is 73.2 Å². The minimum absolute atomic E-state index is 0.302. The molecule has 2 aromatic rings. The molecular formula is C17H20ClN3O3. The van der Waals surface area contributed by atoms with Gasteiger partial charge in [0.1, 0.15) is 5.82 Å². The van der Waals surface area contributed by atoms with Crippen molar-refractivity contribution in [2.45, 2.75) is 26.2 Å². The monoisotopic (exact) mass is 349 g/mol. The molecule has 0 atom stereocenters. The SMILES string of the molecule is CCCCC(=O)OCC(=O)Nc1cc(-c2ccc(Cl)cc2)nn1C. The number of carbonyl (C=O) groups is 2. The lowest BCUT2D eigenvalue weighted by Gasteiger charge is -2.06. The first-order valence-corrected chi connectivity index (χ1v) is 8.13. The van der Waals surface area contributed by atoms with Crippen molar-refractivity contribution in [2.75, 3.05) is 11.9 Å². The van der Waals surface area contributed by atoms with Crippen LogP contribution in [-0.4, -0.2) is 28.3 Å². The van der Waals surface area contributed by atoms with E-state index in [9.17, 15) is 9.59 Å². The summed E-state index contributed by atoms with van der Waals surface area (Å²) in [7, 11) is 1.72. The Kier molecular flexibility index (Phi) is 6.37. The van der Waals surface area contributed by atoms with Crippen molar-refractivity contribution in [3.63, 3.8) is 0 Å². The highest BCUT2D eigenvalue weighted by atomic mass is 35.5. The maximum Gasteiger partial charge on any atom is 0.306 e. The Labute approximate surface area is 145 Å². The van der Waals surface area contributed by atoms with Gasteiger partial charge < -0.3 is 10.1 Å². The van der Waals surface area contributed by atoms with Crippen LogP contribution in [0.1, 0.15) is 26.2 Å². The Hall–Kier alpha value is -2.34. The average molecular weight is 350 g/mol. The summed E-state index contributed by atoms with van der Waals surface area (Å²) in [6.07, 6.45) is 1.99. The van der Waals surface area contributed by atoms with E-state index in [0.29, 0.717) is 23.0 Å². The Bertz CT molecular complexity index is 710. The highest BCUT2D eigenvalue weighted by Crippen LogP contribution is 2.23. The van der Waals surface area contributed by atoms with Crippen LogP contribution in [0.25, 0.3) is 11.3 Å². The molecule has 1 amide bonds. The quantitative estimate of drug-likeness (QED) is 0.777. The molecule has 0 bridgehead atoms. The van der Waals surface area contributed by atoms with Gasteiger partial charge in [-0.2, -0.15) is 5.10 Å². The number of aryl methyl sites for hydroxylation is 1. The minimum Gasteiger partial charge on any atom is -0.456 e. The number of nitrogens with one attached hydrogen (secondary N) is 1. The molecule has 0 saturated carbocycles. The van der Waals surface area contributed by atoms with Crippen LogP contribution in [0, 0.1) is 0 Å². The zero-order valence-electron chi connectivity index (χ0n) is 13.7. The van der Waals surface area contributed by atoms with Gasteiger partial charge in [0.25, 0.3) is 5.91 Å². The number of hydrogen-bond acceptors (Lipinski definition) is 4. The third-order valence-electron chi connectivity index (χ3n) is 3.39.